The summed E-state index contributed by atoms with van der Waals surface area (Å²) in [5.41, 5.74) is 2.96. The molecule has 0 saturated heterocycles. The summed E-state index contributed by atoms with van der Waals surface area (Å²) in [6.45, 7) is 2.10. The first kappa shape index (κ1) is 11.8. The predicted octanol–water partition coefficient (Wildman–Crippen LogP) is 3.19. The number of hydrogen-bond acceptors (Lipinski definition) is 4. The number of hydrogen-bond donors (Lipinski definition) is 0. The van der Waals surface area contributed by atoms with E-state index >= 15 is 0 Å². The molecule has 0 N–H and O–H groups in total. The van der Waals surface area contributed by atoms with Crippen molar-refractivity contribution in [2.24, 2.45) is 0 Å². The highest BCUT2D eigenvalue weighted by molar-refractivity contribution is 7.11. The van der Waals surface area contributed by atoms with Gasteiger partial charge in [0.05, 0.1) is 12.8 Å². The van der Waals surface area contributed by atoms with E-state index in [1.165, 1.54) is 16.9 Å². The normalized spacial score (nSPS) is 10.2. The number of methoxy groups -OCH3 is 1. The van der Waals surface area contributed by atoms with E-state index in [9.17, 15) is 4.79 Å². The lowest BCUT2D eigenvalue weighted by atomic mass is 10.1. The van der Waals surface area contributed by atoms with Crippen molar-refractivity contribution in [2.45, 2.75) is 13.3 Å². The molecule has 0 saturated carbocycles. The van der Waals surface area contributed by atoms with Crippen LogP contribution < -0.4 is 4.74 Å². The quantitative estimate of drug-likeness (QED) is 0.779. The van der Waals surface area contributed by atoms with Crippen molar-refractivity contribution in [3.05, 3.63) is 34.2 Å². The van der Waals surface area contributed by atoms with Crippen LogP contribution in [0, 0.1) is 0 Å². The predicted molar refractivity (Wildman–Crippen MR) is 68.9 cm³/mol. The topological polar surface area (TPSA) is 39.2 Å². The molecule has 0 aliphatic carbocycles. The second-order valence-corrected chi connectivity index (χ2v) is 4.47. The number of rotatable bonds is 4. The van der Waals surface area contributed by atoms with Crippen LogP contribution in [0.15, 0.2) is 23.6 Å². The lowest BCUT2D eigenvalue weighted by molar-refractivity contribution is 0.112. The number of ether oxygens (including phenoxy) is 1. The van der Waals surface area contributed by atoms with Gasteiger partial charge >= 0.3 is 0 Å². The highest BCUT2D eigenvalue weighted by atomic mass is 32.1. The van der Waals surface area contributed by atoms with Crippen molar-refractivity contribution in [1.82, 2.24) is 4.98 Å². The Bertz CT molecular complexity index is 534. The monoisotopic (exact) mass is 247 g/mol. The molecule has 88 valence electrons. The van der Waals surface area contributed by atoms with E-state index in [0.29, 0.717) is 5.01 Å². The summed E-state index contributed by atoms with van der Waals surface area (Å²) in [7, 11) is 1.64. The van der Waals surface area contributed by atoms with Crippen molar-refractivity contribution >= 4 is 17.6 Å². The molecule has 0 bridgehead atoms. The van der Waals surface area contributed by atoms with Gasteiger partial charge in [0.25, 0.3) is 0 Å². The number of aryl methyl sites for hydroxylation is 1. The zero-order valence-electron chi connectivity index (χ0n) is 9.77. The van der Waals surface area contributed by atoms with Gasteiger partial charge in [0.2, 0.25) is 0 Å². The van der Waals surface area contributed by atoms with Crippen LogP contribution in [0.1, 0.15) is 22.3 Å². The van der Waals surface area contributed by atoms with Crippen LogP contribution in [0.2, 0.25) is 0 Å². The van der Waals surface area contributed by atoms with E-state index < -0.39 is 0 Å². The van der Waals surface area contributed by atoms with Crippen LogP contribution in [0.5, 0.6) is 5.75 Å². The maximum atomic E-state index is 10.6. The molecule has 2 aromatic rings. The largest absolute Gasteiger partial charge is 0.496 e. The van der Waals surface area contributed by atoms with Crippen LogP contribution in [-0.2, 0) is 6.42 Å². The third-order valence-electron chi connectivity index (χ3n) is 2.57. The van der Waals surface area contributed by atoms with E-state index in [1.807, 2.05) is 17.5 Å². The molecular weight excluding hydrogens is 234 g/mol. The molecule has 0 aliphatic heterocycles. The second-order valence-electron chi connectivity index (χ2n) is 3.58. The summed E-state index contributed by atoms with van der Waals surface area (Å²) in [4.78, 5) is 14.9. The van der Waals surface area contributed by atoms with Crippen LogP contribution in [0.4, 0.5) is 0 Å². The lowest BCUT2D eigenvalue weighted by Crippen LogP contribution is -1.91. The maximum Gasteiger partial charge on any atom is 0.178 e. The third-order valence-corrected chi connectivity index (χ3v) is 3.34. The van der Waals surface area contributed by atoms with Gasteiger partial charge in [-0.1, -0.05) is 13.0 Å². The van der Waals surface area contributed by atoms with Gasteiger partial charge in [0.1, 0.15) is 5.75 Å². The van der Waals surface area contributed by atoms with Crippen molar-refractivity contribution in [3.63, 3.8) is 0 Å². The van der Waals surface area contributed by atoms with E-state index in [-0.39, 0.29) is 0 Å². The highest BCUT2D eigenvalue weighted by Gasteiger charge is 2.10. The molecule has 0 radical (unpaired) electrons. The Morgan fingerprint density at radius 3 is 2.88 bits per heavy atom. The van der Waals surface area contributed by atoms with Gasteiger partial charge in [-0.05, 0) is 24.1 Å². The molecule has 0 aliphatic rings. The Balaban J connectivity index is 2.51. The zero-order chi connectivity index (χ0) is 12.3. The summed E-state index contributed by atoms with van der Waals surface area (Å²) < 4.78 is 5.32. The molecule has 4 heteroatoms. The number of benzene rings is 1. The van der Waals surface area contributed by atoms with E-state index in [4.69, 9.17) is 4.74 Å². The smallest absolute Gasteiger partial charge is 0.178 e. The van der Waals surface area contributed by atoms with E-state index in [0.717, 1.165) is 29.7 Å². The van der Waals surface area contributed by atoms with Gasteiger partial charge in [-0.3, -0.25) is 4.79 Å². The van der Waals surface area contributed by atoms with Crippen molar-refractivity contribution in [1.29, 1.82) is 0 Å². The number of nitrogens with zero attached hydrogens (tertiary/aromatic N) is 1. The van der Waals surface area contributed by atoms with E-state index in [1.54, 1.807) is 7.11 Å². The fourth-order valence-electron chi connectivity index (χ4n) is 1.64. The van der Waals surface area contributed by atoms with Gasteiger partial charge in [0.15, 0.2) is 11.3 Å². The standard InChI is InChI=1S/C13H13NO2S/c1-3-9-4-5-12(16-2)10(6-9)11-8-17-13(7-15)14-11/h4-8H,3H2,1-2H3. The lowest BCUT2D eigenvalue weighted by Gasteiger charge is -2.07. The molecule has 0 fully saturated rings. The Kier molecular flexibility index (Phi) is 3.54. The summed E-state index contributed by atoms with van der Waals surface area (Å²) in [5, 5.41) is 2.37. The van der Waals surface area contributed by atoms with Crippen LogP contribution in [0.25, 0.3) is 11.3 Å². The minimum absolute atomic E-state index is 0.490. The molecule has 3 nitrogen and oxygen atoms in total. The van der Waals surface area contributed by atoms with Gasteiger partial charge < -0.3 is 4.74 Å². The number of thiazole rings is 1. The fourth-order valence-corrected chi connectivity index (χ4v) is 2.26. The Hall–Kier alpha value is -1.68. The molecule has 0 unspecified atom stereocenters. The van der Waals surface area contributed by atoms with Crippen LogP contribution in [-0.4, -0.2) is 18.4 Å². The number of aldehydes is 1. The number of carbonyl (C=O) groups excluding carboxylic acids is 1. The van der Waals surface area contributed by atoms with E-state index in [2.05, 4.69) is 18.0 Å². The number of carbonyl (C=O) groups is 1. The summed E-state index contributed by atoms with van der Waals surface area (Å²) in [5.74, 6) is 0.782. The first-order valence-electron chi connectivity index (χ1n) is 5.36. The first-order chi connectivity index (χ1) is 8.28. The summed E-state index contributed by atoms with van der Waals surface area (Å²) in [6.07, 6.45) is 1.73. The molecule has 0 amide bonds. The SMILES string of the molecule is CCc1ccc(OC)c(-c2csc(C=O)n2)c1. The third kappa shape index (κ3) is 2.36. The molecule has 0 atom stereocenters. The van der Waals surface area contributed by atoms with Gasteiger partial charge in [-0.15, -0.1) is 11.3 Å². The highest BCUT2D eigenvalue weighted by Crippen LogP contribution is 2.31. The molecule has 2 rings (SSSR count). The summed E-state index contributed by atoms with van der Waals surface area (Å²) in [6, 6.07) is 6.03. The zero-order valence-corrected chi connectivity index (χ0v) is 10.6. The average molecular weight is 247 g/mol. The molecule has 1 aromatic heterocycles. The van der Waals surface area contributed by atoms with Crippen molar-refractivity contribution in [2.75, 3.05) is 7.11 Å². The second kappa shape index (κ2) is 5.10. The molecule has 17 heavy (non-hydrogen) atoms. The van der Waals surface area contributed by atoms with Crippen molar-refractivity contribution < 1.29 is 9.53 Å². The Morgan fingerprint density at radius 1 is 1.47 bits per heavy atom. The minimum atomic E-state index is 0.490. The van der Waals surface area contributed by atoms with Gasteiger partial charge in [-0.2, -0.15) is 0 Å². The Morgan fingerprint density at radius 2 is 2.29 bits per heavy atom. The van der Waals surface area contributed by atoms with Crippen LogP contribution in [0.3, 0.4) is 0 Å². The molecule has 0 spiro atoms. The molecular formula is C13H13NO2S. The van der Waals surface area contributed by atoms with Crippen molar-refractivity contribution in [3.8, 4) is 17.0 Å². The number of aromatic nitrogens is 1. The first-order valence-corrected chi connectivity index (χ1v) is 6.24. The maximum absolute atomic E-state index is 10.6. The molecule has 1 heterocycles. The summed E-state index contributed by atoms with van der Waals surface area (Å²) >= 11 is 1.34. The Labute approximate surface area is 104 Å². The average Bonchev–Trinajstić information content (AvgIpc) is 2.86. The fraction of sp³-hybridized carbons (Fsp3) is 0.231. The van der Waals surface area contributed by atoms with Crippen LogP contribution >= 0.6 is 11.3 Å². The molecule has 1 aromatic carbocycles. The van der Waals surface area contributed by atoms with Gasteiger partial charge in [0, 0.05) is 10.9 Å². The van der Waals surface area contributed by atoms with Gasteiger partial charge in [-0.25, -0.2) is 4.98 Å². The minimum Gasteiger partial charge on any atom is -0.496 e.